The first-order valence-corrected chi connectivity index (χ1v) is 4.36. The first-order valence-electron chi connectivity index (χ1n) is 3.98. The summed E-state index contributed by atoms with van der Waals surface area (Å²) in [5.41, 5.74) is -0.529. The maximum absolute atomic E-state index is 13.4. The highest BCUT2D eigenvalue weighted by molar-refractivity contribution is 6.30. The van der Waals surface area contributed by atoms with E-state index in [9.17, 15) is 8.78 Å². The molecular formula is C10H11ClF2. The van der Waals surface area contributed by atoms with Crippen molar-refractivity contribution in [3.05, 3.63) is 34.4 Å². The molecule has 0 aliphatic carbocycles. The highest BCUT2D eigenvalue weighted by atomic mass is 35.5. The Bertz CT molecular complexity index is 326. The molecule has 1 aromatic carbocycles. The van der Waals surface area contributed by atoms with Crippen LogP contribution < -0.4 is 0 Å². The van der Waals surface area contributed by atoms with E-state index < -0.39 is 17.0 Å². The van der Waals surface area contributed by atoms with E-state index in [4.69, 9.17) is 11.6 Å². The van der Waals surface area contributed by atoms with Gasteiger partial charge in [0, 0.05) is 5.56 Å². The Hall–Kier alpha value is -0.630. The summed E-state index contributed by atoms with van der Waals surface area (Å²) in [6.45, 7) is 5.22. The lowest BCUT2D eigenvalue weighted by atomic mass is 9.86. The molecule has 0 saturated heterocycles. The van der Waals surface area contributed by atoms with Crippen LogP contribution in [0.4, 0.5) is 8.78 Å². The third-order valence-electron chi connectivity index (χ3n) is 1.79. The predicted octanol–water partition coefficient (Wildman–Crippen LogP) is 3.92. The summed E-state index contributed by atoms with van der Waals surface area (Å²) in [5.74, 6) is -1.21. The van der Waals surface area contributed by atoms with E-state index in [1.165, 1.54) is 12.1 Å². The van der Waals surface area contributed by atoms with Crippen LogP contribution in [-0.4, -0.2) is 0 Å². The molecule has 0 spiro atoms. The molecule has 0 amide bonds. The number of rotatable bonds is 0. The molecule has 0 heterocycles. The third kappa shape index (κ3) is 1.99. The first kappa shape index (κ1) is 10.5. The van der Waals surface area contributed by atoms with Crippen LogP contribution in [0.2, 0.25) is 5.02 Å². The number of hydrogen-bond donors (Lipinski definition) is 0. The van der Waals surface area contributed by atoms with Gasteiger partial charge >= 0.3 is 0 Å². The number of benzene rings is 1. The highest BCUT2D eigenvalue weighted by Crippen LogP contribution is 2.31. The average molecular weight is 205 g/mol. The van der Waals surface area contributed by atoms with Crippen molar-refractivity contribution < 1.29 is 8.78 Å². The van der Waals surface area contributed by atoms with Gasteiger partial charge in [0.05, 0.1) is 5.02 Å². The van der Waals surface area contributed by atoms with Crippen LogP contribution in [0.25, 0.3) is 0 Å². The maximum Gasteiger partial charge on any atom is 0.148 e. The summed E-state index contributed by atoms with van der Waals surface area (Å²) in [7, 11) is 0. The van der Waals surface area contributed by atoms with Crippen molar-refractivity contribution in [1.29, 1.82) is 0 Å². The minimum Gasteiger partial charge on any atom is -0.207 e. The second-order valence-electron chi connectivity index (χ2n) is 3.97. The summed E-state index contributed by atoms with van der Waals surface area (Å²) < 4.78 is 26.6. The zero-order valence-electron chi connectivity index (χ0n) is 7.79. The summed E-state index contributed by atoms with van der Waals surface area (Å²) >= 11 is 5.55. The van der Waals surface area contributed by atoms with Crippen molar-refractivity contribution in [1.82, 2.24) is 0 Å². The van der Waals surface area contributed by atoms with Crippen molar-refractivity contribution in [3.8, 4) is 0 Å². The standard InChI is InChI=1S/C10H11ClF2/c1-10(2,3)8-7(12)5-4-6(11)9(8)13/h4-5H,1-3H3. The monoisotopic (exact) mass is 204 g/mol. The van der Waals surface area contributed by atoms with Gasteiger partial charge in [-0.1, -0.05) is 32.4 Å². The van der Waals surface area contributed by atoms with Crippen molar-refractivity contribution in [3.63, 3.8) is 0 Å². The maximum atomic E-state index is 13.4. The fraction of sp³-hybridized carbons (Fsp3) is 0.400. The lowest BCUT2D eigenvalue weighted by Crippen LogP contribution is -2.16. The molecule has 0 fully saturated rings. The molecule has 0 N–H and O–H groups in total. The average Bonchev–Trinajstić information content (AvgIpc) is 1.95. The van der Waals surface area contributed by atoms with Crippen LogP contribution >= 0.6 is 11.6 Å². The quantitative estimate of drug-likeness (QED) is 0.562. The fourth-order valence-corrected chi connectivity index (χ4v) is 1.37. The van der Waals surface area contributed by atoms with Crippen molar-refractivity contribution >= 4 is 11.6 Å². The van der Waals surface area contributed by atoms with Gasteiger partial charge in [-0.2, -0.15) is 0 Å². The molecule has 0 radical (unpaired) electrons. The van der Waals surface area contributed by atoms with E-state index in [0.29, 0.717) is 0 Å². The van der Waals surface area contributed by atoms with Crippen LogP contribution in [0.3, 0.4) is 0 Å². The molecule has 0 nitrogen and oxygen atoms in total. The first-order chi connectivity index (χ1) is 5.84. The van der Waals surface area contributed by atoms with Crippen molar-refractivity contribution in [2.24, 2.45) is 0 Å². The van der Waals surface area contributed by atoms with E-state index >= 15 is 0 Å². The molecule has 13 heavy (non-hydrogen) atoms. The Morgan fingerprint density at radius 3 is 2.08 bits per heavy atom. The molecule has 3 heteroatoms. The molecule has 72 valence electrons. The summed E-state index contributed by atoms with van der Waals surface area (Å²) in [5, 5.41) is -0.0358. The predicted molar refractivity (Wildman–Crippen MR) is 50.1 cm³/mol. The van der Waals surface area contributed by atoms with Gasteiger partial charge in [-0.3, -0.25) is 0 Å². The molecule has 0 unspecified atom stereocenters. The van der Waals surface area contributed by atoms with Gasteiger partial charge in [0.15, 0.2) is 0 Å². The zero-order chi connectivity index (χ0) is 10.2. The van der Waals surface area contributed by atoms with E-state index in [2.05, 4.69) is 0 Å². The highest BCUT2D eigenvalue weighted by Gasteiger charge is 2.24. The largest absolute Gasteiger partial charge is 0.207 e. The van der Waals surface area contributed by atoms with E-state index in [1.807, 2.05) is 0 Å². The minimum absolute atomic E-state index is 0.0358. The fourth-order valence-electron chi connectivity index (χ4n) is 1.21. The number of hydrogen-bond acceptors (Lipinski definition) is 0. The summed E-state index contributed by atoms with van der Waals surface area (Å²) in [6, 6.07) is 2.41. The minimum atomic E-state index is -0.658. The molecule has 0 atom stereocenters. The van der Waals surface area contributed by atoms with Crippen LogP contribution in [0, 0.1) is 11.6 Å². The molecule has 0 bridgehead atoms. The molecule has 1 aromatic rings. The van der Waals surface area contributed by atoms with Crippen molar-refractivity contribution in [2.45, 2.75) is 26.2 Å². The van der Waals surface area contributed by atoms with E-state index in [1.54, 1.807) is 20.8 Å². The van der Waals surface area contributed by atoms with Gasteiger partial charge in [0.2, 0.25) is 0 Å². The molecule has 0 aliphatic rings. The molecular weight excluding hydrogens is 194 g/mol. The summed E-state index contributed by atoms with van der Waals surface area (Å²) in [6.07, 6.45) is 0. The Labute approximate surface area is 81.5 Å². The van der Waals surface area contributed by atoms with Gasteiger partial charge < -0.3 is 0 Å². The van der Waals surface area contributed by atoms with Gasteiger partial charge in [-0.15, -0.1) is 0 Å². The van der Waals surface area contributed by atoms with Crippen LogP contribution in [0.15, 0.2) is 12.1 Å². The van der Waals surface area contributed by atoms with E-state index in [-0.39, 0.29) is 10.6 Å². The SMILES string of the molecule is CC(C)(C)c1c(F)ccc(Cl)c1F. The van der Waals surface area contributed by atoms with Crippen LogP contribution in [0.1, 0.15) is 26.3 Å². The molecule has 1 rings (SSSR count). The molecule has 0 aliphatic heterocycles. The Kier molecular flexibility index (Phi) is 2.62. The Morgan fingerprint density at radius 1 is 1.15 bits per heavy atom. The topological polar surface area (TPSA) is 0 Å². The normalized spacial score (nSPS) is 11.8. The van der Waals surface area contributed by atoms with Crippen molar-refractivity contribution in [2.75, 3.05) is 0 Å². The van der Waals surface area contributed by atoms with Gasteiger partial charge in [0.1, 0.15) is 11.6 Å². The second kappa shape index (κ2) is 3.26. The van der Waals surface area contributed by atoms with Crippen LogP contribution in [0.5, 0.6) is 0 Å². The molecule has 0 saturated carbocycles. The smallest absolute Gasteiger partial charge is 0.148 e. The van der Waals surface area contributed by atoms with Gasteiger partial charge in [-0.05, 0) is 17.5 Å². The lowest BCUT2D eigenvalue weighted by molar-refractivity contribution is 0.476. The van der Waals surface area contributed by atoms with Gasteiger partial charge in [0.25, 0.3) is 0 Å². The number of halogens is 3. The zero-order valence-corrected chi connectivity index (χ0v) is 8.54. The van der Waals surface area contributed by atoms with Crippen LogP contribution in [-0.2, 0) is 5.41 Å². The van der Waals surface area contributed by atoms with Gasteiger partial charge in [-0.25, -0.2) is 8.78 Å². The Balaban J connectivity index is 3.43. The van der Waals surface area contributed by atoms with E-state index in [0.717, 1.165) is 0 Å². The lowest BCUT2D eigenvalue weighted by Gasteiger charge is -2.20. The third-order valence-corrected chi connectivity index (χ3v) is 2.09. The Morgan fingerprint density at radius 2 is 1.69 bits per heavy atom. The molecule has 0 aromatic heterocycles. The summed E-state index contributed by atoms with van der Waals surface area (Å²) in [4.78, 5) is 0. The second-order valence-corrected chi connectivity index (χ2v) is 4.38.